The lowest BCUT2D eigenvalue weighted by atomic mass is 9.74. The Morgan fingerprint density at radius 2 is 0.979 bits per heavy atom. The summed E-state index contributed by atoms with van der Waals surface area (Å²) in [4.78, 5) is 0. The first-order valence-electron chi connectivity index (χ1n) is 17.1. The third kappa shape index (κ3) is 3.82. The largest absolute Gasteiger partial charge is 0.0622 e. The quantitative estimate of drug-likeness (QED) is 0.176. The van der Waals surface area contributed by atoms with Gasteiger partial charge in [-0.25, -0.2) is 0 Å². The summed E-state index contributed by atoms with van der Waals surface area (Å²) in [6.45, 7) is 4.82. The van der Waals surface area contributed by atoms with Crippen molar-refractivity contribution >= 4 is 10.8 Å². The molecule has 0 N–H and O–H groups in total. The first-order chi connectivity index (χ1) is 23.0. The standard InChI is InChI=1S/C47H36/c1-46(2)41-27-33(34-20-23-38-39-17-9-15-32-16-10-18-40(45(32)39)47(25-26-47)43(38)28-34)19-22-36(41)37-24-21-35(29-42(37)46)44(30-11-5-3-6-12-30)31-13-7-4-8-14-31/h3-24,27-29,44H,25-26H2,1-2H3. The van der Waals surface area contributed by atoms with Gasteiger partial charge in [-0.2, -0.15) is 0 Å². The van der Waals surface area contributed by atoms with Gasteiger partial charge < -0.3 is 0 Å². The highest BCUT2D eigenvalue weighted by molar-refractivity contribution is 6.04. The van der Waals surface area contributed by atoms with Crippen LogP contribution in [0.2, 0.25) is 0 Å². The average Bonchev–Trinajstić information content (AvgIpc) is 3.89. The lowest BCUT2D eigenvalue weighted by molar-refractivity contribution is 0.659. The Morgan fingerprint density at radius 1 is 0.426 bits per heavy atom. The van der Waals surface area contributed by atoms with Gasteiger partial charge in [0.2, 0.25) is 0 Å². The fraction of sp³-hybridized carbons (Fsp3) is 0.149. The zero-order chi connectivity index (χ0) is 31.3. The molecule has 0 aliphatic heterocycles. The van der Waals surface area contributed by atoms with Crippen LogP contribution in [0.5, 0.6) is 0 Å². The van der Waals surface area contributed by atoms with Crippen molar-refractivity contribution in [2.75, 3.05) is 0 Å². The van der Waals surface area contributed by atoms with Crippen LogP contribution in [-0.4, -0.2) is 0 Å². The molecule has 0 radical (unpaired) electrons. The zero-order valence-electron chi connectivity index (χ0n) is 26.9. The second-order valence-electron chi connectivity index (χ2n) is 14.5. The van der Waals surface area contributed by atoms with Gasteiger partial charge in [0.15, 0.2) is 0 Å². The van der Waals surface area contributed by atoms with E-state index >= 15 is 0 Å². The van der Waals surface area contributed by atoms with Crippen molar-refractivity contribution in [3.8, 4) is 33.4 Å². The van der Waals surface area contributed by atoms with Crippen molar-refractivity contribution in [2.24, 2.45) is 0 Å². The molecule has 7 aromatic carbocycles. The molecule has 224 valence electrons. The van der Waals surface area contributed by atoms with E-state index in [1.54, 1.807) is 0 Å². The molecular weight excluding hydrogens is 565 g/mol. The average molecular weight is 601 g/mol. The van der Waals surface area contributed by atoms with Gasteiger partial charge in [0.25, 0.3) is 0 Å². The molecule has 0 heteroatoms. The monoisotopic (exact) mass is 600 g/mol. The second kappa shape index (κ2) is 9.66. The minimum atomic E-state index is -0.102. The molecule has 47 heavy (non-hydrogen) atoms. The van der Waals surface area contributed by atoms with Crippen LogP contribution in [0, 0.1) is 0 Å². The molecule has 0 atom stereocenters. The van der Waals surface area contributed by atoms with Crippen LogP contribution in [0.1, 0.15) is 71.6 Å². The fourth-order valence-corrected chi connectivity index (χ4v) is 9.11. The fourth-order valence-electron chi connectivity index (χ4n) is 9.11. The van der Waals surface area contributed by atoms with E-state index in [9.17, 15) is 0 Å². The molecule has 1 spiro atoms. The van der Waals surface area contributed by atoms with E-state index in [0.29, 0.717) is 0 Å². The van der Waals surface area contributed by atoms with E-state index in [4.69, 9.17) is 0 Å². The van der Waals surface area contributed by atoms with E-state index < -0.39 is 0 Å². The number of rotatable bonds is 4. The summed E-state index contributed by atoms with van der Waals surface area (Å²) < 4.78 is 0. The van der Waals surface area contributed by atoms with Crippen LogP contribution < -0.4 is 0 Å². The van der Waals surface area contributed by atoms with Crippen LogP contribution >= 0.6 is 0 Å². The van der Waals surface area contributed by atoms with Gasteiger partial charge in [-0.15, -0.1) is 0 Å². The lowest BCUT2D eigenvalue weighted by Gasteiger charge is -2.29. The highest BCUT2D eigenvalue weighted by atomic mass is 14.5. The van der Waals surface area contributed by atoms with Crippen molar-refractivity contribution in [1.29, 1.82) is 0 Å². The summed E-state index contributed by atoms with van der Waals surface area (Å²) in [6.07, 6.45) is 2.47. The molecule has 0 saturated heterocycles. The second-order valence-corrected chi connectivity index (χ2v) is 14.5. The summed E-state index contributed by atoms with van der Waals surface area (Å²) in [6, 6.07) is 57.4. The van der Waals surface area contributed by atoms with Gasteiger partial charge in [-0.05, 0) is 108 Å². The number of hydrogen-bond donors (Lipinski definition) is 0. The third-order valence-electron chi connectivity index (χ3n) is 11.6. The van der Waals surface area contributed by atoms with Gasteiger partial charge in [0.05, 0.1) is 0 Å². The van der Waals surface area contributed by atoms with Crippen LogP contribution in [0.3, 0.4) is 0 Å². The Balaban J connectivity index is 1.07. The van der Waals surface area contributed by atoms with Crippen LogP contribution in [0.25, 0.3) is 44.2 Å². The molecule has 0 heterocycles. The van der Waals surface area contributed by atoms with Crippen LogP contribution in [-0.2, 0) is 10.8 Å². The summed E-state index contributed by atoms with van der Waals surface area (Å²) >= 11 is 0. The molecule has 10 rings (SSSR count). The Morgan fingerprint density at radius 3 is 1.62 bits per heavy atom. The topological polar surface area (TPSA) is 0 Å². The molecule has 0 unspecified atom stereocenters. The van der Waals surface area contributed by atoms with Gasteiger partial charge in [0, 0.05) is 16.7 Å². The van der Waals surface area contributed by atoms with Gasteiger partial charge in [-0.1, -0.05) is 153 Å². The smallest absolute Gasteiger partial charge is 0.0340 e. The summed E-state index contributed by atoms with van der Waals surface area (Å²) in [7, 11) is 0. The number of fused-ring (bicyclic) bond motifs is 7. The predicted molar refractivity (Wildman–Crippen MR) is 196 cm³/mol. The molecule has 7 aromatic rings. The maximum Gasteiger partial charge on any atom is 0.0340 e. The molecule has 3 aliphatic carbocycles. The minimum absolute atomic E-state index is 0.102. The minimum Gasteiger partial charge on any atom is -0.0622 e. The molecule has 0 bridgehead atoms. The SMILES string of the molecule is CC1(C)c2cc(-c3ccc4c(c3)C3(CC3)c3cccc5cccc-4c35)ccc2-c2ccc(C(c3ccccc3)c3ccccc3)cc21. The van der Waals surface area contributed by atoms with E-state index in [1.165, 1.54) is 95.9 Å². The normalized spacial score (nSPS) is 15.8. The Kier molecular flexibility index (Phi) is 5.54. The van der Waals surface area contributed by atoms with E-state index in [2.05, 4.69) is 166 Å². The number of benzene rings is 7. The summed E-state index contributed by atoms with van der Waals surface area (Å²) in [5.41, 5.74) is 18.1. The predicted octanol–water partition coefficient (Wildman–Crippen LogP) is 12.1. The first kappa shape index (κ1) is 27.0. The highest BCUT2D eigenvalue weighted by Gasteiger charge is 2.50. The van der Waals surface area contributed by atoms with Crippen molar-refractivity contribution in [2.45, 2.75) is 43.4 Å². The summed E-state index contributed by atoms with van der Waals surface area (Å²) in [5, 5.41) is 2.83. The Labute approximate surface area is 277 Å². The van der Waals surface area contributed by atoms with Crippen LogP contribution in [0.15, 0.2) is 152 Å². The van der Waals surface area contributed by atoms with E-state index in [-0.39, 0.29) is 16.7 Å². The zero-order valence-corrected chi connectivity index (χ0v) is 26.9. The molecular formula is C47H36. The number of hydrogen-bond acceptors (Lipinski definition) is 0. The molecule has 1 saturated carbocycles. The van der Waals surface area contributed by atoms with Gasteiger partial charge in [0.1, 0.15) is 0 Å². The van der Waals surface area contributed by atoms with Crippen LogP contribution in [0.4, 0.5) is 0 Å². The maximum atomic E-state index is 2.52. The van der Waals surface area contributed by atoms with Crippen molar-refractivity contribution in [1.82, 2.24) is 0 Å². The van der Waals surface area contributed by atoms with Crippen molar-refractivity contribution < 1.29 is 0 Å². The molecule has 0 nitrogen and oxygen atoms in total. The maximum absolute atomic E-state index is 2.52. The highest BCUT2D eigenvalue weighted by Crippen LogP contribution is 2.61. The van der Waals surface area contributed by atoms with Gasteiger partial charge in [-0.3, -0.25) is 0 Å². The van der Waals surface area contributed by atoms with Crippen molar-refractivity contribution in [3.63, 3.8) is 0 Å². The lowest BCUT2D eigenvalue weighted by Crippen LogP contribution is -2.16. The third-order valence-corrected chi connectivity index (χ3v) is 11.6. The molecule has 3 aliphatic rings. The molecule has 0 amide bonds. The Hall–Kier alpha value is -5.20. The van der Waals surface area contributed by atoms with Crippen molar-refractivity contribution in [3.05, 3.63) is 191 Å². The van der Waals surface area contributed by atoms with E-state index in [0.717, 1.165) is 0 Å². The Bertz CT molecular complexity index is 2330. The molecule has 0 aromatic heterocycles. The van der Waals surface area contributed by atoms with E-state index in [1.807, 2.05) is 0 Å². The first-order valence-corrected chi connectivity index (χ1v) is 17.1. The van der Waals surface area contributed by atoms with Gasteiger partial charge >= 0.3 is 0 Å². The molecule has 1 fully saturated rings. The summed E-state index contributed by atoms with van der Waals surface area (Å²) in [5.74, 6) is 0.194.